The van der Waals surface area contributed by atoms with E-state index in [1.165, 1.54) is 0 Å². The highest BCUT2D eigenvalue weighted by Gasteiger charge is 2.22. The number of carbonyl (C=O) groups excluding carboxylic acids is 1. The Morgan fingerprint density at radius 2 is 1.81 bits per heavy atom. The van der Waals surface area contributed by atoms with Crippen LogP contribution in [0.4, 0.5) is 0 Å². The summed E-state index contributed by atoms with van der Waals surface area (Å²) in [5, 5.41) is 15.9. The number of fused-ring (bicyclic) bond motifs is 2. The maximum absolute atomic E-state index is 11.8. The standard InChI is InChI=1S/C28H30Cl2N4O2/c1-33-24-17-22(29)23(30)18-25(24)34(16-6-2-3-9-27(36)32-15-14-31)28(33)13-11-19-10-12-26(35)21-8-5-4-7-20(19)21/h4-5,7-8,10-13,17-18H,2-3,6,9,14-16,31H2,1H3,(H,32,36)/p+1. The summed E-state index contributed by atoms with van der Waals surface area (Å²) in [7, 11) is 2.01. The number of phenols is 1. The van der Waals surface area contributed by atoms with E-state index in [9.17, 15) is 9.90 Å². The van der Waals surface area contributed by atoms with Crippen LogP contribution in [0.5, 0.6) is 5.75 Å². The van der Waals surface area contributed by atoms with Crippen molar-refractivity contribution >= 4 is 63.1 Å². The molecule has 6 nitrogen and oxygen atoms in total. The minimum atomic E-state index is 0.0458. The number of aryl methyl sites for hydroxylation is 2. The molecule has 4 aromatic rings. The number of hydrogen-bond acceptors (Lipinski definition) is 3. The van der Waals surface area contributed by atoms with E-state index in [1.807, 2.05) is 49.5 Å². The number of hydrogen-bond donors (Lipinski definition) is 3. The molecule has 0 saturated carbocycles. The van der Waals surface area contributed by atoms with Crippen molar-refractivity contribution < 1.29 is 14.5 Å². The van der Waals surface area contributed by atoms with E-state index in [0.29, 0.717) is 29.6 Å². The van der Waals surface area contributed by atoms with Gasteiger partial charge in [-0.25, -0.2) is 9.13 Å². The lowest BCUT2D eigenvalue weighted by Crippen LogP contribution is -2.31. The van der Waals surface area contributed by atoms with Gasteiger partial charge in [0.05, 0.1) is 23.6 Å². The molecule has 188 valence electrons. The number of carbonyl (C=O) groups is 1. The van der Waals surface area contributed by atoms with Crippen LogP contribution in [0.3, 0.4) is 0 Å². The number of halogens is 2. The normalized spacial score (nSPS) is 11.7. The van der Waals surface area contributed by atoms with Gasteiger partial charge >= 0.3 is 0 Å². The van der Waals surface area contributed by atoms with E-state index >= 15 is 0 Å². The molecule has 36 heavy (non-hydrogen) atoms. The second-order valence-corrected chi connectivity index (χ2v) is 9.64. The summed E-state index contributed by atoms with van der Waals surface area (Å²) in [5.41, 5.74) is 8.44. The summed E-state index contributed by atoms with van der Waals surface area (Å²) < 4.78 is 4.35. The molecule has 0 spiro atoms. The highest BCUT2D eigenvalue weighted by Crippen LogP contribution is 2.30. The van der Waals surface area contributed by atoms with E-state index in [0.717, 1.165) is 59.0 Å². The molecule has 3 aromatic carbocycles. The third-order valence-corrected chi connectivity index (χ3v) is 7.11. The number of nitrogens with two attached hydrogens (primary N) is 1. The Hall–Kier alpha value is -3.06. The quantitative estimate of drug-likeness (QED) is 0.190. The first-order chi connectivity index (χ1) is 17.4. The SMILES string of the molecule is C[n+]1c(/C=C/c2ccc(O)c3ccccc23)n(CCCCCC(=O)NCCN)c2cc(Cl)c(Cl)cc21. The molecule has 8 heteroatoms. The van der Waals surface area contributed by atoms with Crippen molar-refractivity contribution in [2.24, 2.45) is 12.8 Å². The Kier molecular flexibility index (Phi) is 8.52. The Morgan fingerprint density at radius 3 is 2.58 bits per heavy atom. The van der Waals surface area contributed by atoms with Crippen molar-refractivity contribution in [3.8, 4) is 5.75 Å². The van der Waals surface area contributed by atoms with Gasteiger partial charge in [0.15, 0.2) is 11.0 Å². The lowest BCUT2D eigenvalue weighted by atomic mass is 10.0. The van der Waals surface area contributed by atoms with Crippen molar-refractivity contribution in [1.82, 2.24) is 9.88 Å². The van der Waals surface area contributed by atoms with Crippen LogP contribution >= 0.6 is 23.2 Å². The Bertz CT molecular complexity index is 1430. The Morgan fingerprint density at radius 1 is 1.06 bits per heavy atom. The van der Waals surface area contributed by atoms with Crippen LogP contribution in [-0.4, -0.2) is 28.7 Å². The number of aromatic hydroxyl groups is 1. The molecule has 1 aromatic heterocycles. The molecule has 4 N–H and O–H groups in total. The smallest absolute Gasteiger partial charge is 0.282 e. The van der Waals surface area contributed by atoms with Gasteiger partial charge in [-0.05, 0) is 42.4 Å². The summed E-state index contributed by atoms with van der Waals surface area (Å²) in [6.07, 6.45) is 7.31. The van der Waals surface area contributed by atoms with Crippen LogP contribution in [0, 0.1) is 0 Å². The van der Waals surface area contributed by atoms with Crippen LogP contribution in [0.25, 0.3) is 34.0 Å². The molecule has 4 rings (SSSR count). The number of benzene rings is 3. The second-order valence-electron chi connectivity index (χ2n) is 8.83. The number of nitrogens with one attached hydrogen (secondary N) is 1. The minimum absolute atomic E-state index is 0.0458. The topological polar surface area (TPSA) is 84.2 Å². The predicted octanol–water partition coefficient (Wildman–Crippen LogP) is 5.44. The maximum atomic E-state index is 11.8. The average Bonchev–Trinajstić information content (AvgIpc) is 3.12. The largest absolute Gasteiger partial charge is 0.507 e. The summed E-state index contributed by atoms with van der Waals surface area (Å²) >= 11 is 12.7. The number of phenolic OH excluding ortho intramolecular Hbond substituents is 1. The molecule has 0 atom stereocenters. The van der Waals surface area contributed by atoms with Gasteiger partial charge in [-0.2, -0.15) is 0 Å². The van der Waals surface area contributed by atoms with Gasteiger partial charge in [0.2, 0.25) is 5.91 Å². The van der Waals surface area contributed by atoms with Gasteiger partial charge in [-0.1, -0.05) is 53.5 Å². The molecule has 0 saturated heterocycles. The third-order valence-electron chi connectivity index (χ3n) is 6.39. The minimum Gasteiger partial charge on any atom is -0.507 e. The monoisotopic (exact) mass is 525 g/mol. The number of aromatic nitrogens is 2. The molecule has 0 aliphatic carbocycles. The maximum Gasteiger partial charge on any atom is 0.282 e. The lowest BCUT2D eigenvalue weighted by Gasteiger charge is -2.05. The summed E-state index contributed by atoms with van der Waals surface area (Å²) in [6.45, 7) is 1.74. The van der Waals surface area contributed by atoms with Crippen LogP contribution in [0.2, 0.25) is 10.0 Å². The number of unbranched alkanes of at least 4 members (excludes halogenated alkanes) is 2. The highest BCUT2D eigenvalue weighted by molar-refractivity contribution is 6.42. The van der Waals surface area contributed by atoms with Crippen molar-refractivity contribution in [2.75, 3.05) is 13.1 Å². The molecule has 0 aliphatic heterocycles. The van der Waals surface area contributed by atoms with Crippen molar-refractivity contribution in [1.29, 1.82) is 0 Å². The zero-order valence-electron chi connectivity index (χ0n) is 20.3. The van der Waals surface area contributed by atoms with Crippen molar-refractivity contribution in [2.45, 2.75) is 32.2 Å². The molecule has 0 aliphatic rings. The fourth-order valence-corrected chi connectivity index (χ4v) is 4.84. The molecular weight excluding hydrogens is 495 g/mol. The average molecular weight is 526 g/mol. The predicted molar refractivity (Wildman–Crippen MR) is 148 cm³/mol. The molecule has 0 radical (unpaired) electrons. The number of imidazole rings is 1. The van der Waals surface area contributed by atoms with Crippen LogP contribution in [0.15, 0.2) is 48.5 Å². The molecule has 0 bridgehead atoms. The van der Waals surface area contributed by atoms with Crippen LogP contribution in [0.1, 0.15) is 37.1 Å². The van der Waals surface area contributed by atoms with Gasteiger partial charge < -0.3 is 16.2 Å². The first-order valence-electron chi connectivity index (χ1n) is 12.1. The summed E-state index contributed by atoms with van der Waals surface area (Å²) in [4.78, 5) is 11.8. The van der Waals surface area contributed by atoms with Gasteiger partial charge in [-0.15, -0.1) is 0 Å². The second kappa shape index (κ2) is 11.8. The van der Waals surface area contributed by atoms with Crippen LogP contribution < -0.4 is 15.6 Å². The molecular formula is C28H31Cl2N4O2+. The van der Waals surface area contributed by atoms with E-state index in [2.05, 4.69) is 26.6 Å². The van der Waals surface area contributed by atoms with E-state index in [1.54, 1.807) is 6.07 Å². The molecule has 0 unspecified atom stereocenters. The third kappa shape index (κ3) is 5.67. The summed E-state index contributed by atoms with van der Waals surface area (Å²) in [5.74, 6) is 1.31. The zero-order chi connectivity index (χ0) is 25.7. The fraction of sp³-hybridized carbons (Fsp3) is 0.286. The van der Waals surface area contributed by atoms with Crippen LogP contribution in [-0.2, 0) is 18.4 Å². The number of amides is 1. The summed E-state index contributed by atoms with van der Waals surface area (Å²) in [6, 6.07) is 15.3. The van der Waals surface area contributed by atoms with Gasteiger partial charge in [0.1, 0.15) is 5.75 Å². The number of rotatable bonds is 10. The van der Waals surface area contributed by atoms with E-state index < -0.39 is 0 Å². The van der Waals surface area contributed by atoms with Gasteiger partial charge in [0, 0.05) is 43.1 Å². The first-order valence-corrected chi connectivity index (χ1v) is 12.9. The van der Waals surface area contributed by atoms with Crippen molar-refractivity contribution in [3.63, 3.8) is 0 Å². The molecule has 1 amide bonds. The fourth-order valence-electron chi connectivity index (χ4n) is 4.52. The highest BCUT2D eigenvalue weighted by atomic mass is 35.5. The lowest BCUT2D eigenvalue weighted by molar-refractivity contribution is -0.647. The zero-order valence-corrected chi connectivity index (χ0v) is 21.8. The number of nitrogens with zero attached hydrogens (tertiary/aromatic N) is 2. The molecule has 0 fully saturated rings. The van der Waals surface area contributed by atoms with E-state index in [-0.39, 0.29) is 11.7 Å². The Labute approximate surface area is 220 Å². The van der Waals surface area contributed by atoms with Gasteiger partial charge in [-0.3, -0.25) is 4.79 Å². The van der Waals surface area contributed by atoms with E-state index in [4.69, 9.17) is 28.9 Å². The van der Waals surface area contributed by atoms with Gasteiger partial charge in [0.25, 0.3) is 5.82 Å². The Balaban J connectivity index is 1.62. The first kappa shape index (κ1) is 26.0. The van der Waals surface area contributed by atoms with Crippen molar-refractivity contribution in [3.05, 3.63) is 70.0 Å². The molecule has 1 heterocycles.